The van der Waals surface area contributed by atoms with Gasteiger partial charge in [-0.25, -0.2) is 13.4 Å². The van der Waals surface area contributed by atoms with Crippen LogP contribution in [0, 0.1) is 0 Å². The summed E-state index contributed by atoms with van der Waals surface area (Å²) < 4.78 is 38.2. The van der Waals surface area contributed by atoms with Crippen molar-refractivity contribution in [2.45, 2.75) is 29.4 Å². The predicted molar refractivity (Wildman–Crippen MR) is 131 cm³/mol. The van der Waals surface area contributed by atoms with Gasteiger partial charge < -0.3 is 14.4 Å². The summed E-state index contributed by atoms with van der Waals surface area (Å²) >= 11 is 5.12. The maximum Gasteiger partial charge on any atom is 0.185 e. The molecule has 0 atom stereocenters. The molecular formula is C23H25BrN2O4S2. The first-order valence-electron chi connectivity index (χ1n) is 10.3. The van der Waals surface area contributed by atoms with Gasteiger partial charge in [0.1, 0.15) is 16.4 Å². The largest absolute Gasteiger partial charge is 0.497 e. The summed E-state index contributed by atoms with van der Waals surface area (Å²) in [7, 11) is -0.484. The van der Waals surface area contributed by atoms with Crippen LogP contribution in [0.3, 0.4) is 0 Å². The van der Waals surface area contributed by atoms with Gasteiger partial charge >= 0.3 is 0 Å². The quantitative estimate of drug-likeness (QED) is 0.425. The van der Waals surface area contributed by atoms with E-state index in [1.807, 2.05) is 12.1 Å². The molecule has 1 fully saturated rings. The molecule has 4 rings (SSSR count). The number of hydrogen-bond acceptors (Lipinski definition) is 7. The molecule has 0 aliphatic carbocycles. The van der Waals surface area contributed by atoms with E-state index >= 15 is 0 Å². The predicted octanol–water partition coefficient (Wildman–Crippen LogP) is 4.96. The van der Waals surface area contributed by atoms with Gasteiger partial charge in [0.05, 0.1) is 25.2 Å². The number of rotatable bonds is 7. The molecule has 170 valence electrons. The summed E-state index contributed by atoms with van der Waals surface area (Å²) in [6.45, 7) is 1.32. The second-order valence-corrected chi connectivity index (χ2v) is 11.6. The van der Waals surface area contributed by atoms with Gasteiger partial charge in [-0.2, -0.15) is 0 Å². The lowest BCUT2D eigenvalue weighted by molar-refractivity contribution is 0.385. The van der Waals surface area contributed by atoms with E-state index in [0.29, 0.717) is 37.4 Å². The number of thiazole rings is 1. The zero-order chi connectivity index (χ0) is 22.7. The van der Waals surface area contributed by atoms with Gasteiger partial charge in [0.15, 0.2) is 15.0 Å². The van der Waals surface area contributed by atoms with Crippen molar-refractivity contribution in [3.05, 3.63) is 63.6 Å². The summed E-state index contributed by atoms with van der Waals surface area (Å²) in [5.41, 5.74) is 2.23. The minimum absolute atomic E-state index is 0.227. The number of sulfone groups is 1. The minimum Gasteiger partial charge on any atom is -0.497 e. The SMILES string of the molecule is COc1ccc(S(=O)(=O)C2CCN(c3nc(Cc4cccc(Br)c4)cs3)CC2)c(OC)c1. The Hall–Kier alpha value is -2.10. The number of hydrogen-bond donors (Lipinski definition) is 0. The van der Waals surface area contributed by atoms with Crippen LogP contribution < -0.4 is 14.4 Å². The van der Waals surface area contributed by atoms with Gasteiger partial charge in [-0.05, 0) is 42.7 Å². The van der Waals surface area contributed by atoms with Crippen molar-refractivity contribution in [2.24, 2.45) is 0 Å². The van der Waals surface area contributed by atoms with E-state index in [9.17, 15) is 8.42 Å². The van der Waals surface area contributed by atoms with Gasteiger partial charge in [0, 0.05) is 35.4 Å². The van der Waals surface area contributed by atoms with Gasteiger partial charge in [-0.15, -0.1) is 11.3 Å². The maximum atomic E-state index is 13.3. The highest BCUT2D eigenvalue weighted by molar-refractivity contribution is 9.10. The van der Waals surface area contributed by atoms with Crippen LogP contribution in [0.25, 0.3) is 0 Å². The number of methoxy groups -OCH3 is 2. The molecule has 1 saturated heterocycles. The summed E-state index contributed by atoms with van der Waals surface area (Å²) in [4.78, 5) is 7.21. The maximum absolute atomic E-state index is 13.3. The summed E-state index contributed by atoms with van der Waals surface area (Å²) in [6.07, 6.45) is 1.88. The summed E-state index contributed by atoms with van der Waals surface area (Å²) in [5.74, 6) is 0.891. The number of halogens is 1. The van der Waals surface area contributed by atoms with E-state index in [0.717, 1.165) is 21.7 Å². The first-order valence-corrected chi connectivity index (χ1v) is 13.5. The molecule has 32 heavy (non-hydrogen) atoms. The lowest BCUT2D eigenvalue weighted by Crippen LogP contribution is -2.39. The summed E-state index contributed by atoms with van der Waals surface area (Å²) in [6, 6.07) is 13.1. The number of nitrogens with zero attached hydrogens (tertiary/aromatic N) is 2. The van der Waals surface area contributed by atoms with E-state index in [4.69, 9.17) is 14.5 Å². The zero-order valence-corrected chi connectivity index (χ0v) is 21.2. The molecule has 9 heteroatoms. The Balaban J connectivity index is 1.43. The Labute approximate surface area is 201 Å². The number of ether oxygens (including phenoxy) is 2. The molecule has 0 N–H and O–H groups in total. The second-order valence-electron chi connectivity index (χ2n) is 7.68. The lowest BCUT2D eigenvalue weighted by atomic mass is 10.1. The third-order valence-electron chi connectivity index (χ3n) is 5.64. The van der Waals surface area contributed by atoms with Crippen LogP contribution in [0.15, 0.2) is 57.2 Å². The smallest absolute Gasteiger partial charge is 0.185 e. The molecule has 0 saturated carbocycles. The first-order chi connectivity index (χ1) is 15.4. The van der Waals surface area contributed by atoms with Crippen molar-refractivity contribution in [3.63, 3.8) is 0 Å². The van der Waals surface area contributed by atoms with Gasteiger partial charge in [0.2, 0.25) is 0 Å². The zero-order valence-electron chi connectivity index (χ0n) is 18.0. The van der Waals surface area contributed by atoms with Crippen molar-refractivity contribution in [2.75, 3.05) is 32.2 Å². The normalized spacial score (nSPS) is 15.0. The van der Waals surface area contributed by atoms with Crippen molar-refractivity contribution < 1.29 is 17.9 Å². The molecule has 1 aliphatic rings. The van der Waals surface area contributed by atoms with Crippen LogP contribution in [-0.2, 0) is 16.3 Å². The monoisotopic (exact) mass is 536 g/mol. The molecule has 0 unspecified atom stereocenters. The Morgan fingerprint density at radius 3 is 2.59 bits per heavy atom. The number of piperidine rings is 1. The summed E-state index contributed by atoms with van der Waals surface area (Å²) in [5, 5.41) is 2.59. The molecule has 0 amide bonds. The Bertz CT molecular complexity index is 1190. The number of aromatic nitrogens is 1. The van der Waals surface area contributed by atoms with E-state index < -0.39 is 15.1 Å². The number of anilines is 1. The van der Waals surface area contributed by atoms with Crippen molar-refractivity contribution >= 4 is 42.2 Å². The Morgan fingerprint density at radius 2 is 1.91 bits per heavy atom. The first kappa shape index (κ1) is 23.1. The van der Waals surface area contributed by atoms with Crippen LogP contribution in [0.1, 0.15) is 24.1 Å². The van der Waals surface area contributed by atoms with E-state index in [1.165, 1.54) is 12.7 Å². The topological polar surface area (TPSA) is 68.7 Å². The molecule has 2 aromatic carbocycles. The fourth-order valence-electron chi connectivity index (χ4n) is 3.93. The molecule has 1 aliphatic heterocycles. The van der Waals surface area contributed by atoms with Crippen LogP contribution in [0.2, 0.25) is 0 Å². The van der Waals surface area contributed by atoms with Crippen LogP contribution in [-0.4, -0.2) is 46.0 Å². The molecular weight excluding hydrogens is 512 g/mol. The fourth-order valence-corrected chi connectivity index (χ4v) is 7.12. The highest BCUT2D eigenvalue weighted by atomic mass is 79.9. The van der Waals surface area contributed by atoms with Crippen LogP contribution >= 0.6 is 27.3 Å². The second kappa shape index (κ2) is 9.80. The standard InChI is InChI=1S/C23H25BrN2O4S2/c1-29-19-6-7-22(21(14-19)30-2)32(27,28)20-8-10-26(11-9-20)23-25-18(15-31-23)13-16-4-3-5-17(24)12-16/h3-7,12,14-15,20H,8-11,13H2,1-2H3. The molecule has 2 heterocycles. The van der Waals surface area contributed by atoms with Crippen molar-refractivity contribution in [3.8, 4) is 11.5 Å². The molecule has 0 radical (unpaired) electrons. The average molecular weight is 538 g/mol. The van der Waals surface area contributed by atoms with Crippen molar-refractivity contribution in [1.82, 2.24) is 4.98 Å². The average Bonchev–Trinajstić information content (AvgIpc) is 3.27. The van der Waals surface area contributed by atoms with Crippen LogP contribution in [0.5, 0.6) is 11.5 Å². The van der Waals surface area contributed by atoms with E-state index in [1.54, 1.807) is 36.6 Å². The molecule has 0 bridgehead atoms. The Kier molecular flexibility index (Phi) is 7.07. The third kappa shape index (κ3) is 4.94. The molecule has 6 nitrogen and oxygen atoms in total. The molecule has 1 aromatic heterocycles. The lowest BCUT2D eigenvalue weighted by Gasteiger charge is -2.31. The Morgan fingerprint density at radius 1 is 1.12 bits per heavy atom. The fraction of sp³-hybridized carbons (Fsp3) is 0.348. The highest BCUT2D eigenvalue weighted by Crippen LogP contribution is 2.35. The minimum atomic E-state index is -3.50. The molecule has 0 spiro atoms. The molecule has 3 aromatic rings. The van der Waals surface area contributed by atoms with E-state index in [-0.39, 0.29) is 4.90 Å². The van der Waals surface area contributed by atoms with E-state index in [2.05, 4.69) is 38.3 Å². The van der Waals surface area contributed by atoms with Gasteiger partial charge in [-0.3, -0.25) is 0 Å². The van der Waals surface area contributed by atoms with Crippen LogP contribution in [0.4, 0.5) is 5.13 Å². The van der Waals surface area contributed by atoms with Gasteiger partial charge in [0.25, 0.3) is 0 Å². The highest BCUT2D eigenvalue weighted by Gasteiger charge is 2.34. The van der Waals surface area contributed by atoms with Crippen molar-refractivity contribution in [1.29, 1.82) is 0 Å². The number of benzene rings is 2. The van der Waals surface area contributed by atoms with Gasteiger partial charge in [-0.1, -0.05) is 28.1 Å². The third-order valence-corrected chi connectivity index (χ3v) is 9.39.